The Balaban J connectivity index is 1.34. The number of carbonyl (C=O) groups excluding carboxylic acids is 2. The van der Waals surface area contributed by atoms with Gasteiger partial charge in [-0.3, -0.25) is 9.59 Å². The highest BCUT2D eigenvalue weighted by molar-refractivity contribution is 8.02. The van der Waals surface area contributed by atoms with Crippen LogP contribution in [0.15, 0.2) is 29.2 Å². The fourth-order valence-electron chi connectivity index (χ4n) is 6.48. The highest BCUT2D eigenvalue weighted by Gasteiger charge is 2.58. The molecule has 10 heteroatoms. The summed E-state index contributed by atoms with van der Waals surface area (Å²) in [5.41, 5.74) is 5.29. The van der Waals surface area contributed by atoms with Crippen LogP contribution in [0.4, 0.5) is 4.39 Å². The molecule has 0 aromatic heterocycles. The summed E-state index contributed by atoms with van der Waals surface area (Å²) in [6, 6.07) is 5.16. The smallest absolute Gasteiger partial charge is 0.248 e. The van der Waals surface area contributed by atoms with Gasteiger partial charge in [0.1, 0.15) is 16.1 Å². The van der Waals surface area contributed by atoms with Gasteiger partial charge in [-0.1, -0.05) is 12.1 Å². The molecule has 2 unspecified atom stereocenters. The lowest BCUT2D eigenvalue weighted by Gasteiger charge is -2.58. The molecule has 31 heavy (non-hydrogen) atoms. The summed E-state index contributed by atoms with van der Waals surface area (Å²) >= 11 is 1.25. The number of benzene rings is 1. The van der Waals surface area contributed by atoms with E-state index >= 15 is 0 Å². The van der Waals surface area contributed by atoms with Gasteiger partial charge in [0, 0.05) is 23.8 Å². The van der Waals surface area contributed by atoms with Gasteiger partial charge in [-0.05, 0) is 62.0 Å². The highest BCUT2D eigenvalue weighted by Crippen LogP contribution is 2.60. The largest absolute Gasteiger partial charge is 0.369 e. The van der Waals surface area contributed by atoms with E-state index in [1.54, 1.807) is 0 Å². The molecule has 4 aliphatic carbocycles. The molecule has 1 heterocycles. The van der Waals surface area contributed by atoms with Gasteiger partial charge in [-0.2, -0.15) is 4.31 Å². The lowest BCUT2D eigenvalue weighted by molar-refractivity contribution is -0.147. The Hall–Kier alpha value is -1.65. The van der Waals surface area contributed by atoms with E-state index in [9.17, 15) is 22.4 Å². The number of sulfonamides is 1. The first-order chi connectivity index (χ1) is 14.7. The standard InChI is InChI=1S/C21H26FN3O4S2/c22-15-3-1-2-4-16(15)31(28,29)25-5-6-30-19(25)18(26)24-17-13-7-12-8-14(17)11-21(9-12,10-13)20(23)27/h1-4,12-14,17,19H,5-11H2,(H2,23,27)(H,24,26)/t12?,13?,14?,17?,19-,21?/m1/s1. The summed E-state index contributed by atoms with van der Waals surface area (Å²) in [5, 5.41) is 2.19. The van der Waals surface area contributed by atoms with Gasteiger partial charge in [0.2, 0.25) is 21.8 Å². The van der Waals surface area contributed by atoms with Crippen LogP contribution >= 0.6 is 11.8 Å². The number of nitrogens with one attached hydrogen (secondary N) is 1. The molecule has 4 bridgehead atoms. The average Bonchev–Trinajstić information content (AvgIpc) is 3.21. The van der Waals surface area contributed by atoms with Crippen molar-refractivity contribution in [2.45, 2.75) is 48.4 Å². The third-order valence-electron chi connectivity index (χ3n) is 7.60. The molecular formula is C21H26FN3O4S2. The number of primary amides is 1. The third kappa shape index (κ3) is 3.38. The van der Waals surface area contributed by atoms with Crippen LogP contribution < -0.4 is 11.1 Å². The van der Waals surface area contributed by atoms with E-state index in [-0.39, 0.29) is 36.2 Å². The number of thioether (sulfide) groups is 1. The number of hydrogen-bond acceptors (Lipinski definition) is 5. The van der Waals surface area contributed by atoms with Gasteiger partial charge < -0.3 is 11.1 Å². The van der Waals surface area contributed by atoms with Crippen LogP contribution in [0.5, 0.6) is 0 Å². The van der Waals surface area contributed by atoms with E-state index in [0.29, 0.717) is 24.5 Å². The van der Waals surface area contributed by atoms with E-state index < -0.39 is 31.5 Å². The van der Waals surface area contributed by atoms with Crippen LogP contribution in [0.25, 0.3) is 0 Å². The predicted octanol–water partition coefficient (Wildman–Crippen LogP) is 1.69. The van der Waals surface area contributed by atoms with E-state index in [1.807, 2.05) is 0 Å². The maximum absolute atomic E-state index is 14.2. The minimum absolute atomic E-state index is 0.0734. The Morgan fingerprint density at radius 2 is 1.84 bits per heavy atom. The Labute approximate surface area is 185 Å². The molecule has 7 nitrogen and oxygen atoms in total. The van der Waals surface area contributed by atoms with Gasteiger partial charge >= 0.3 is 0 Å². The van der Waals surface area contributed by atoms with Gasteiger partial charge in [-0.15, -0.1) is 11.8 Å². The molecule has 4 saturated carbocycles. The lowest BCUT2D eigenvalue weighted by Crippen LogP contribution is -2.63. The maximum atomic E-state index is 14.2. The van der Waals surface area contributed by atoms with Crippen molar-refractivity contribution in [3.05, 3.63) is 30.1 Å². The molecule has 1 aliphatic heterocycles. The molecule has 6 rings (SSSR count). The third-order valence-corrected chi connectivity index (χ3v) is 10.8. The first-order valence-corrected chi connectivity index (χ1v) is 13.2. The summed E-state index contributed by atoms with van der Waals surface area (Å²) in [5.74, 6) is -0.0983. The SMILES string of the molecule is NC(=O)C12CC3CC(C1)C(NC(=O)[C@H]1SCCN1S(=O)(=O)c1ccccc1F)C(C3)C2. The first kappa shape index (κ1) is 21.2. The quantitative estimate of drug-likeness (QED) is 0.685. The van der Waals surface area contributed by atoms with Crippen molar-refractivity contribution in [1.29, 1.82) is 0 Å². The highest BCUT2D eigenvalue weighted by atomic mass is 32.2. The van der Waals surface area contributed by atoms with Crippen molar-refractivity contribution in [3.8, 4) is 0 Å². The number of amides is 2. The van der Waals surface area contributed by atoms with Gasteiger partial charge in [0.15, 0.2) is 0 Å². The first-order valence-electron chi connectivity index (χ1n) is 10.7. The van der Waals surface area contributed by atoms with E-state index in [1.165, 1.54) is 30.0 Å². The minimum Gasteiger partial charge on any atom is -0.369 e. The van der Waals surface area contributed by atoms with Crippen molar-refractivity contribution >= 4 is 33.6 Å². The second-order valence-electron chi connectivity index (χ2n) is 9.42. The summed E-state index contributed by atoms with van der Waals surface area (Å²) in [6.07, 6.45) is 4.16. The van der Waals surface area contributed by atoms with E-state index in [0.717, 1.165) is 29.6 Å². The Bertz CT molecular complexity index is 1020. The second-order valence-corrected chi connectivity index (χ2v) is 12.5. The van der Waals surface area contributed by atoms with Crippen molar-refractivity contribution < 1.29 is 22.4 Å². The number of nitrogens with two attached hydrogens (primary N) is 1. The zero-order chi connectivity index (χ0) is 22.0. The maximum Gasteiger partial charge on any atom is 0.248 e. The molecule has 0 radical (unpaired) electrons. The fraction of sp³-hybridized carbons (Fsp3) is 0.619. The van der Waals surface area contributed by atoms with E-state index in [2.05, 4.69) is 5.32 Å². The molecule has 1 aromatic carbocycles. The predicted molar refractivity (Wildman–Crippen MR) is 114 cm³/mol. The van der Waals surface area contributed by atoms with Crippen molar-refractivity contribution in [2.75, 3.05) is 12.3 Å². The topological polar surface area (TPSA) is 110 Å². The van der Waals surface area contributed by atoms with Crippen LogP contribution in [0.1, 0.15) is 32.1 Å². The molecule has 168 valence electrons. The van der Waals surface area contributed by atoms with Crippen LogP contribution in [0.3, 0.4) is 0 Å². The fourth-order valence-corrected chi connectivity index (χ4v) is 9.64. The molecule has 3 N–H and O–H groups in total. The summed E-state index contributed by atoms with van der Waals surface area (Å²) < 4.78 is 41.4. The van der Waals surface area contributed by atoms with Crippen molar-refractivity contribution in [1.82, 2.24) is 9.62 Å². The minimum atomic E-state index is -4.13. The zero-order valence-corrected chi connectivity index (χ0v) is 18.6. The number of halogens is 1. The molecular weight excluding hydrogens is 441 g/mol. The molecule has 1 aromatic rings. The molecule has 5 fully saturated rings. The monoisotopic (exact) mass is 467 g/mol. The Morgan fingerprint density at radius 3 is 2.48 bits per heavy atom. The molecule has 1 saturated heterocycles. The molecule has 2 amide bonds. The molecule has 0 spiro atoms. The summed E-state index contributed by atoms with van der Waals surface area (Å²) in [7, 11) is -4.13. The Kier molecular flexibility index (Phi) is 5.10. The van der Waals surface area contributed by atoms with Gasteiger partial charge in [-0.25, -0.2) is 12.8 Å². The second kappa shape index (κ2) is 7.45. The summed E-state index contributed by atoms with van der Waals surface area (Å²) in [6.45, 7) is 0.157. The number of hydrogen-bond donors (Lipinski definition) is 2. The Morgan fingerprint density at radius 1 is 1.16 bits per heavy atom. The average molecular weight is 468 g/mol. The number of rotatable bonds is 5. The molecule has 5 aliphatic rings. The van der Waals surface area contributed by atoms with Crippen molar-refractivity contribution in [2.24, 2.45) is 28.9 Å². The number of nitrogens with zero attached hydrogens (tertiary/aromatic N) is 1. The number of carbonyl (C=O) groups is 2. The van der Waals surface area contributed by atoms with Crippen LogP contribution in [-0.4, -0.2) is 48.3 Å². The van der Waals surface area contributed by atoms with Crippen LogP contribution in [0.2, 0.25) is 0 Å². The summed E-state index contributed by atoms with van der Waals surface area (Å²) in [4.78, 5) is 24.9. The van der Waals surface area contributed by atoms with Gasteiger partial charge in [0.05, 0.1) is 0 Å². The van der Waals surface area contributed by atoms with E-state index in [4.69, 9.17) is 5.73 Å². The van der Waals surface area contributed by atoms with Crippen LogP contribution in [-0.2, 0) is 19.6 Å². The van der Waals surface area contributed by atoms with Gasteiger partial charge in [0.25, 0.3) is 0 Å². The molecule has 3 atom stereocenters. The van der Waals surface area contributed by atoms with Crippen molar-refractivity contribution in [3.63, 3.8) is 0 Å². The zero-order valence-electron chi connectivity index (χ0n) is 17.0. The lowest BCUT2D eigenvalue weighted by atomic mass is 9.47. The van der Waals surface area contributed by atoms with Crippen LogP contribution in [0, 0.1) is 29.0 Å². The normalized spacial score (nSPS) is 37.1.